The maximum absolute atomic E-state index is 11.4. The van der Waals surface area contributed by atoms with Crippen LogP contribution in [0.15, 0.2) is 29.1 Å². The van der Waals surface area contributed by atoms with Crippen LogP contribution in [0.3, 0.4) is 0 Å². The molecule has 0 unspecified atom stereocenters. The van der Waals surface area contributed by atoms with Gasteiger partial charge in [-0.25, -0.2) is 0 Å². The molecule has 3 heteroatoms. The zero-order valence-electron chi connectivity index (χ0n) is 7.07. The van der Waals surface area contributed by atoms with Crippen LogP contribution in [0.2, 0.25) is 0 Å². The molecule has 0 saturated heterocycles. The fourth-order valence-corrected chi connectivity index (χ4v) is 2.93. The quantitative estimate of drug-likeness (QED) is 0.703. The summed E-state index contributed by atoms with van der Waals surface area (Å²) in [5.41, 5.74) is 1.00. The van der Waals surface area contributed by atoms with E-state index in [1.807, 2.05) is 25.1 Å². The van der Waals surface area contributed by atoms with Crippen LogP contribution >= 0.6 is 0 Å². The van der Waals surface area contributed by atoms with Crippen LogP contribution in [-0.4, -0.2) is 19.6 Å². The first-order chi connectivity index (χ1) is 6.16. The SMILES string of the molecule is Cc1ccc2[se]c(O)cc(=O)c2c1. The predicted octanol–water partition coefficient (Wildman–Crippen LogP) is 1.27. The Morgan fingerprint density at radius 3 is 2.85 bits per heavy atom. The van der Waals surface area contributed by atoms with Gasteiger partial charge in [0.25, 0.3) is 0 Å². The zero-order chi connectivity index (χ0) is 9.42. The van der Waals surface area contributed by atoms with E-state index in [2.05, 4.69) is 0 Å². The molecule has 2 aromatic rings. The molecule has 0 fully saturated rings. The van der Waals surface area contributed by atoms with Crippen molar-refractivity contribution < 1.29 is 5.11 Å². The van der Waals surface area contributed by atoms with Crippen molar-refractivity contribution in [1.29, 1.82) is 0 Å². The Morgan fingerprint density at radius 1 is 1.31 bits per heavy atom. The van der Waals surface area contributed by atoms with E-state index in [4.69, 9.17) is 0 Å². The fourth-order valence-electron chi connectivity index (χ4n) is 1.26. The molecule has 0 aliphatic rings. The number of aryl methyl sites for hydroxylation is 1. The molecule has 0 aliphatic heterocycles. The van der Waals surface area contributed by atoms with Gasteiger partial charge in [-0.1, -0.05) is 0 Å². The number of fused-ring (bicyclic) bond motifs is 1. The summed E-state index contributed by atoms with van der Waals surface area (Å²) in [6.07, 6.45) is 0. The number of benzene rings is 1. The van der Waals surface area contributed by atoms with E-state index in [1.54, 1.807) is 0 Å². The second-order valence-corrected chi connectivity index (χ2v) is 5.18. The number of aromatic hydroxyl groups is 1. The van der Waals surface area contributed by atoms with Gasteiger partial charge in [0.15, 0.2) is 0 Å². The van der Waals surface area contributed by atoms with Crippen LogP contribution in [0, 0.1) is 6.92 Å². The van der Waals surface area contributed by atoms with Crippen molar-refractivity contribution in [1.82, 2.24) is 0 Å². The molecule has 0 saturated carbocycles. The molecule has 1 N–H and O–H groups in total. The molecular formula is C10H8O2Se. The second kappa shape index (κ2) is 3.02. The van der Waals surface area contributed by atoms with Gasteiger partial charge in [0.1, 0.15) is 0 Å². The van der Waals surface area contributed by atoms with Gasteiger partial charge in [0, 0.05) is 0 Å². The van der Waals surface area contributed by atoms with Gasteiger partial charge in [-0.15, -0.1) is 0 Å². The molecule has 0 atom stereocenters. The zero-order valence-corrected chi connectivity index (χ0v) is 8.79. The van der Waals surface area contributed by atoms with Crippen molar-refractivity contribution in [3.63, 3.8) is 0 Å². The first-order valence-corrected chi connectivity index (χ1v) is 5.61. The van der Waals surface area contributed by atoms with Gasteiger partial charge in [0.05, 0.1) is 0 Å². The third-order valence-electron chi connectivity index (χ3n) is 1.87. The Hall–Kier alpha value is -1.05. The summed E-state index contributed by atoms with van der Waals surface area (Å²) in [5.74, 6) is 0. The van der Waals surface area contributed by atoms with E-state index in [-0.39, 0.29) is 24.6 Å². The van der Waals surface area contributed by atoms with E-state index in [1.165, 1.54) is 6.07 Å². The van der Waals surface area contributed by atoms with Gasteiger partial charge >= 0.3 is 80.9 Å². The summed E-state index contributed by atoms with van der Waals surface area (Å²) in [7, 11) is 0. The van der Waals surface area contributed by atoms with Gasteiger partial charge < -0.3 is 0 Å². The monoisotopic (exact) mass is 240 g/mol. The molecule has 1 heterocycles. The minimum absolute atomic E-state index is 0.0793. The van der Waals surface area contributed by atoms with Gasteiger partial charge in [-0.2, -0.15) is 0 Å². The van der Waals surface area contributed by atoms with Gasteiger partial charge in [-0.05, 0) is 0 Å². The van der Waals surface area contributed by atoms with Gasteiger partial charge in [0.2, 0.25) is 0 Å². The summed E-state index contributed by atoms with van der Waals surface area (Å²) < 4.78 is 1.19. The Kier molecular flexibility index (Phi) is 1.98. The Balaban J connectivity index is 2.95. The Labute approximate surface area is 81.2 Å². The van der Waals surface area contributed by atoms with Crippen LogP contribution in [0.1, 0.15) is 5.56 Å². The molecule has 0 radical (unpaired) electrons. The second-order valence-electron chi connectivity index (χ2n) is 2.95. The predicted molar refractivity (Wildman–Crippen MR) is 53.6 cm³/mol. The van der Waals surface area contributed by atoms with E-state index in [0.717, 1.165) is 15.2 Å². The van der Waals surface area contributed by atoms with Crippen molar-refractivity contribution in [2.24, 2.45) is 0 Å². The van der Waals surface area contributed by atoms with Crippen LogP contribution in [0.5, 0.6) is 4.62 Å². The van der Waals surface area contributed by atoms with Crippen molar-refractivity contribution >= 4 is 24.1 Å². The molecule has 0 spiro atoms. The van der Waals surface area contributed by atoms with E-state index in [9.17, 15) is 9.90 Å². The molecule has 2 nitrogen and oxygen atoms in total. The van der Waals surface area contributed by atoms with Gasteiger partial charge in [-0.3, -0.25) is 0 Å². The summed E-state index contributed by atoms with van der Waals surface area (Å²) in [6, 6.07) is 7.09. The molecule has 0 aliphatic carbocycles. The average molecular weight is 239 g/mol. The van der Waals surface area contributed by atoms with Crippen molar-refractivity contribution in [3.05, 3.63) is 40.1 Å². The molecule has 1 aromatic heterocycles. The molecule has 0 bridgehead atoms. The first-order valence-electron chi connectivity index (χ1n) is 3.90. The van der Waals surface area contributed by atoms with Crippen molar-refractivity contribution in [2.45, 2.75) is 6.92 Å². The van der Waals surface area contributed by atoms with E-state index < -0.39 is 0 Å². The molecule has 13 heavy (non-hydrogen) atoms. The Bertz CT molecular complexity index is 514. The maximum atomic E-state index is 11.4. The summed E-state index contributed by atoms with van der Waals surface area (Å²) in [4.78, 5) is 11.4. The van der Waals surface area contributed by atoms with Crippen LogP contribution in [-0.2, 0) is 0 Å². The first kappa shape index (κ1) is 8.54. The van der Waals surface area contributed by atoms with Crippen molar-refractivity contribution in [3.8, 4) is 4.62 Å². The number of hydrogen-bond donors (Lipinski definition) is 1. The molecule has 66 valence electrons. The topological polar surface area (TPSA) is 37.3 Å². The minimum atomic E-state index is -0.0864. The molecule has 1 aromatic carbocycles. The van der Waals surface area contributed by atoms with Crippen LogP contribution in [0.4, 0.5) is 0 Å². The van der Waals surface area contributed by atoms with E-state index >= 15 is 0 Å². The molecule has 2 rings (SSSR count). The summed E-state index contributed by atoms with van der Waals surface area (Å²) in [5, 5.41) is 10.0. The third kappa shape index (κ3) is 1.53. The van der Waals surface area contributed by atoms with Crippen LogP contribution < -0.4 is 5.43 Å². The molecular weight excluding hydrogens is 231 g/mol. The molecule has 0 amide bonds. The standard InChI is InChI=1S/C10H8O2Se/c1-6-2-3-9-7(4-6)8(11)5-10(12)13-9/h2-5,12H,1H3. The number of rotatable bonds is 0. The summed E-state index contributed by atoms with van der Waals surface area (Å²) >= 11 is -0.0864. The fraction of sp³-hybridized carbons (Fsp3) is 0.100. The summed E-state index contributed by atoms with van der Waals surface area (Å²) in [6.45, 7) is 1.96. The number of hydrogen-bond acceptors (Lipinski definition) is 2. The van der Waals surface area contributed by atoms with Crippen molar-refractivity contribution in [2.75, 3.05) is 0 Å². The van der Waals surface area contributed by atoms with Crippen LogP contribution in [0.25, 0.3) is 9.65 Å². The van der Waals surface area contributed by atoms with E-state index in [0.29, 0.717) is 0 Å². The average Bonchev–Trinajstić information content (AvgIpc) is 2.06. The third-order valence-corrected chi connectivity index (χ3v) is 3.76. The normalized spacial score (nSPS) is 10.5. The Morgan fingerprint density at radius 2 is 2.08 bits per heavy atom.